The van der Waals surface area contributed by atoms with Crippen LogP contribution in [0.5, 0.6) is 0 Å². The van der Waals surface area contributed by atoms with Gasteiger partial charge in [-0.2, -0.15) is 0 Å². The summed E-state index contributed by atoms with van der Waals surface area (Å²) in [4.78, 5) is 26.0. The molecule has 2 heterocycles. The molecule has 0 saturated carbocycles. The second-order valence-electron chi connectivity index (χ2n) is 3.05. The van der Waals surface area contributed by atoms with Gasteiger partial charge in [0.2, 0.25) is 0 Å². The summed E-state index contributed by atoms with van der Waals surface area (Å²) >= 11 is 1.33. The van der Waals surface area contributed by atoms with E-state index in [0.29, 0.717) is 15.8 Å². The number of hydrogen-bond donors (Lipinski definition) is 1. The Hall–Kier alpha value is -1.75. The molecule has 2 rings (SSSR count). The van der Waals surface area contributed by atoms with Gasteiger partial charge in [-0.15, -0.1) is 11.3 Å². The van der Waals surface area contributed by atoms with Crippen molar-refractivity contribution in [3.05, 3.63) is 28.9 Å². The van der Waals surface area contributed by atoms with E-state index in [1.54, 1.807) is 11.4 Å². The number of ketones is 1. The van der Waals surface area contributed by atoms with Crippen molar-refractivity contribution in [2.24, 2.45) is 0 Å². The molecular weight excluding hydrogens is 214 g/mol. The van der Waals surface area contributed by atoms with Crippen molar-refractivity contribution in [2.75, 3.05) is 0 Å². The molecule has 1 N–H and O–H groups in total. The van der Waals surface area contributed by atoms with Crippen LogP contribution in [0.25, 0.3) is 10.1 Å². The number of aromatic carboxylic acids is 1. The highest BCUT2D eigenvalue weighted by Crippen LogP contribution is 2.26. The topological polar surface area (TPSA) is 67.3 Å². The number of hydrogen-bond acceptors (Lipinski definition) is 4. The SMILES string of the molecule is CC(=O)c1ncc(C(=O)O)c2ccsc12. The Kier molecular flexibility index (Phi) is 2.24. The van der Waals surface area contributed by atoms with Gasteiger partial charge in [-0.3, -0.25) is 9.78 Å². The van der Waals surface area contributed by atoms with E-state index in [-0.39, 0.29) is 11.3 Å². The minimum atomic E-state index is -1.03. The van der Waals surface area contributed by atoms with Crippen molar-refractivity contribution in [2.45, 2.75) is 6.92 Å². The van der Waals surface area contributed by atoms with Crippen LogP contribution in [0.4, 0.5) is 0 Å². The molecule has 0 amide bonds. The molecule has 4 nitrogen and oxygen atoms in total. The van der Waals surface area contributed by atoms with Crippen molar-refractivity contribution >= 4 is 33.2 Å². The third-order valence-electron chi connectivity index (χ3n) is 2.06. The quantitative estimate of drug-likeness (QED) is 0.789. The first kappa shape index (κ1) is 9.79. The molecule has 0 aliphatic carbocycles. The monoisotopic (exact) mass is 221 g/mol. The lowest BCUT2D eigenvalue weighted by Crippen LogP contribution is -2.02. The number of carbonyl (C=O) groups excluding carboxylic acids is 1. The maximum Gasteiger partial charge on any atom is 0.337 e. The summed E-state index contributed by atoms with van der Waals surface area (Å²) in [7, 11) is 0. The predicted molar refractivity (Wildman–Crippen MR) is 56.6 cm³/mol. The highest BCUT2D eigenvalue weighted by molar-refractivity contribution is 7.17. The summed E-state index contributed by atoms with van der Waals surface area (Å²) in [5.74, 6) is -1.18. The molecule has 2 aromatic rings. The van der Waals surface area contributed by atoms with Crippen LogP contribution < -0.4 is 0 Å². The first-order chi connectivity index (χ1) is 7.11. The highest BCUT2D eigenvalue weighted by Gasteiger charge is 2.15. The number of nitrogens with zero attached hydrogens (tertiary/aromatic N) is 1. The second kappa shape index (κ2) is 3.43. The number of pyridine rings is 1. The molecular formula is C10H7NO3S. The van der Waals surface area contributed by atoms with Crippen LogP contribution in [0.15, 0.2) is 17.6 Å². The van der Waals surface area contributed by atoms with Crippen molar-refractivity contribution in [1.29, 1.82) is 0 Å². The third kappa shape index (κ3) is 1.50. The molecule has 0 atom stereocenters. The fourth-order valence-electron chi connectivity index (χ4n) is 1.38. The van der Waals surface area contributed by atoms with E-state index < -0.39 is 5.97 Å². The molecule has 0 aliphatic rings. The number of aromatic nitrogens is 1. The standard InChI is InChI=1S/C10H7NO3S/c1-5(12)8-9-6(2-3-15-9)7(4-11-8)10(13)14/h2-4H,1H3,(H,13,14). The fraction of sp³-hybridized carbons (Fsp3) is 0.100. The molecule has 2 aromatic heterocycles. The van der Waals surface area contributed by atoms with Gasteiger partial charge in [0.25, 0.3) is 0 Å². The van der Waals surface area contributed by atoms with Gasteiger partial charge in [-0.1, -0.05) is 0 Å². The van der Waals surface area contributed by atoms with Gasteiger partial charge in [-0.05, 0) is 11.4 Å². The van der Waals surface area contributed by atoms with Crippen LogP contribution in [-0.4, -0.2) is 21.8 Å². The number of carboxylic acids is 1. The van der Waals surface area contributed by atoms with Crippen LogP contribution >= 0.6 is 11.3 Å². The van der Waals surface area contributed by atoms with Gasteiger partial charge in [0.1, 0.15) is 5.69 Å². The Morgan fingerprint density at radius 1 is 1.47 bits per heavy atom. The maximum absolute atomic E-state index is 11.2. The van der Waals surface area contributed by atoms with Crippen LogP contribution in [0.3, 0.4) is 0 Å². The van der Waals surface area contributed by atoms with Crippen molar-refractivity contribution in [1.82, 2.24) is 4.98 Å². The molecule has 0 radical (unpaired) electrons. The summed E-state index contributed by atoms with van der Waals surface area (Å²) in [5, 5.41) is 11.2. The summed E-state index contributed by atoms with van der Waals surface area (Å²) in [6.45, 7) is 1.42. The number of carboxylic acid groups (broad SMARTS) is 1. The zero-order valence-corrected chi connectivity index (χ0v) is 8.67. The minimum Gasteiger partial charge on any atom is -0.478 e. The van der Waals surface area contributed by atoms with Gasteiger partial charge in [-0.25, -0.2) is 4.79 Å². The van der Waals surface area contributed by atoms with E-state index in [1.165, 1.54) is 24.5 Å². The van der Waals surface area contributed by atoms with Gasteiger partial charge >= 0.3 is 5.97 Å². The second-order valence-corrected chi connectivity index (χ2v) is 3.96. The average molecular weight is 221 g/mol. The molecule has 0 fully saturated rings. The van der Waals surface area contributed by atoms with Crippen molar-refractivity contribution < 1.29 is 14.7 Å². The van der Waals surface area contributed by atoms with Crippen molar-refractivity contribution in [3.8, 4) is 0 Å². The lowest BCUT2D eigenvalue weighted by Gasteiger charge is -2.00. The fourth-order valence-corrected chi connectivity index (χ4v) is 2.34. The smallest absolute Gasteiger partial charge is 0.337 e. The molecule has 5 heteroatoms. The molecule has 76 valence electrons. The van der Waals surface area contributed by atoms with E-state index in [2.05, 4.69) is 4.98 Å². The molecule has 0 bridgehead atoms. The zero-order chi connectivity index (χ0) is 11.0. The minimum absolute atomic E-state index is 0.135. The lowest BCUT2D eigenvalue weighted by molar-refractivity contribution is 0.0698. The summed E-state index contributed by atoms with van der Waals surface area (Å²) in [5.41, 5.74) is 0.473. The summed E-state index contributed by atoms with van der Waals surface area (Å²) in [6.07, 6.45) is 1.23. The van der Waals surface area contributed by atoms with Crippen LogP contribution in [0, 0.1) is 0 Å². The van der Waals surface area contributed by atoms with Crippen LogP contribution in [-0.2, 0) is 0 Å². The highest BCUT2D eigenvalue weighted by atomic mass is 32.1. The molecule has 15 heavy (non-hydrogen) atoms. The number of Topliss-reactive ketones (excluding diaryl/α,β-unsaturated/α-hetero) is 1. The average Bonchev–Trinajstić information content (AvgIpc) is 2.63. The molecule has 0 spiro atoms. The van der Waals surface area contributed by atoms with E-state index in [1.807, 2.05) is 0 Å². The number of fused-ring (bicyclic) bond motifs is 1. The normalized spacial score (nSPS) is 10.5. The molecule has 0 unspecified atom stereocenters. The molecule has 0 aromatic carbocycles. The summed E-state index contributed by atoms with van der Waals surface area (Å²) < 4.78 is 0.641. The Bertz CT molecular complexity index is 511. The van der Waals surface area contributed by atoms with Gasteiger partial charge in [0.05, 0.1) is 10.3 Å². The Morgan fingerprint density at radius 2 is 2.20 bits per heavy atom. The van der Waals surface area contributed by atoms with E-state index >= 15 is 0 Å². The first-order valence-electron chi connectivity index (χ1n) is 4.21. The largest absolute Gasteiger partial charge is 0.478 e. The Balaban J connectivity index is 2.82. The van der Waals surface area contributed by atoms with E-state index in [0.717, 1.165) is 0 Å². The zero-order valence-electron chi connectivity index (χ0n) is 7.85. The van der Waals surface area contributed by atoms with E-state index in [9.17, 15) is 9.59 Å². The van der Waals surface area contributed by atoms with Gasteiger partial charge < -0.3 is 5.11 Å². The van der Waals surface area contributed by atoms with Crippen LogP contribution in [0.2, 0.25) is 0 Å². The number of thiophene rings is 1. The first-order valence-corrected chi connectivity index (χ1v) is 5.09. The lowest BCUT2D eigenvalue weighted by atomic mass is 10.1. The van der Waals surface area contributed by atoms with Gasteiger partial charge in [0.15, 0.2) is 5.78 Å². The van der Waals surface area contributed by atoms with E-state index in [4.69, 9.17) is 5.11 Å². The Morgan fingerprint density at radius 3 is 2.80 bits per heavy atom. The molecule has 0 aliphatic heterocycles. The van der Waals surface area contributed by atoms with Crippen molar-refractivity contribution in [3.63, 3.8) is 0 Å². The molecule has 0 saturated heterocycles. The van der Waals surface area contributed by atoms with Crippen LogP contribution in [0.1, 0.15) is 27.8 Å². The van der Waals surface area contributed by atoms with Gasteiger partial charge in [0, 0.05) is 18.5 Å². The maximum atomic E-state index is 11.2. The number of rotatable bonds is 2. The third-order valence-corrected chi connectivity index (χ3v) is 2.98. The predicted octanol–water partition coefficient (Wildman–Crippen LogP) is 2.20. The summed E-state index contributed by atoms with van der Waals surface area (Å²) in [6, 6.07) is 1.69. The Labute approximate surface area is 89.2 Å². The number of carbonyl (C=O) groups is 2.